The molecule has 1 aromatic rings. The number of carbonyl (C=O) groups excluding carboxylic acids is 1. The number of nitrogen functional groups attached to an aromatic ring is 1. The van der Waals surface area contributed by atoms with E-state index in [4.69, 9.17) is 26.8 Å². The molecule has 3 N–H and O–H groups in total. The lowest BCUT2D eigenvalue weighted by Crippen LogP contribution is -2.33. The number of anilines is 2. The highest BCUT2D eigenvalue weighted by Crippen LogP contribution is 2.32. The van der Waals surface area contributed by atoms with Crippen LogP contribution >= 0.6 is 11.6 Å². The van der Waals surface area contributed by atoms with E-state index < -0.39 is 5.97 Å². The van der Waals surface area contributed by atoms with E-state index in [2.05, 4.69) is 5.32 Å². The van der Waals surface area contributed by atoms with Gasteiger partial charge in [-0.1, -0.05) is 11.6 Å². The molecule has 116 valence electrons. The molecule has 21 heavy (non-hydrogen) atoms. The molecule has 0 aliphatic carbocycles. The van der Waals surface area contributed by atoms with Crippen LogP contribution in [0.15, 0.2) is 12.1 Å². The van der Waals surface area contributed by atoms with E-state index in [1.54, 1.807) is 19.1 Å². The van der Waals surface area contributed by atoms with Gasteiger partial charge in [0, 0.05) is 18.3 Å². The molecule has 0 amide bonds. The number of carbonyl (C=O) groups is 1. The number of nitrogens with two attached hydrogens (primary N) is 1. The molecule has 1 aliphatic heterocycles. The van der Waals surface area contributed by atoms with Gasteiger partial charge < -0.3 is 20.5 Å². The number of hydrogen-bond donors (Lipinski definition) is 2. The summed E-state index contributed by atoms with van der Waals surface area (Å²) < 4.78 is 10.6. The lowest BCUT2D eigenvalue weighted by atomic mass is 10.0. The van der Waals surface area contributed by atoms with Gasteiger partial charge in [0.05, 0.1) is 29.0 Å². The summed E-state index contributed by atoms with van der Waals surface area (Å²) in [5.74, 6) is -0.422. The maximum Gasteiger partial charge on any atom is 0.340 e. The van der Waals surface area contributed by atoms with Gasteiger partial charge in [0.15, 0.2) is 0 Å². The molecule has 2 atom stereocenters. The second-order valence-corrected chi connectivity index (χ2v) is 5.60. The average Bonchev–Trinajstić information content (AvgIpc) is 2.42. The summed E-state index contributed by atoms with van der Waals surface area (Å²) in [6, 6.07) is 3.44. The minimum absolute atomic E-state index is 0.190. The standard InChI is InChI=1S/C15H21ClN2O3/c1-3-20-15(19)12-7-10(17)8-13(16)14(12)18-11-4-5-21-9(2)6-11/h7-9,11,18H,3-6,17H2,1-2H3. The van der Waals surface area contributed by atoms with Crippen LogP contribution < -0.4 is 11.1 Å². The van der Waals surface area contributed by atoms with Crippen molar-refractivity contribution in [1.82, 2.24) is 0 Å². The van der Waals surface area contributed by atoms with Gasteiger partial charge in [-0.25, -0.2) is 4.79 Å². The summed E-state index contributed by atoms with van der Waals surface area (Å²) >= 11 is 6.25. The highest BCUT2D eigenvalue weighted by molar-refractivity contribution is 6.34. The van der Waals surface area contributed by atoms with Crippen molar-refractivity contribution >= 4 is 28.9 Å². The molecule has 1 saturated heterocycles. The topological polar surface area (TPSA) is 73.6 Å². The van der Waals surface area contributed by atoms with Crippen LogP contribution in [0.1, 0.15) is 37.0 Å². The summed E-state index contributed by atoms with van der Waals surface area (Å²) in [5, 5.41) is 3.77. The molecular formula is C15H21ClN2O3. The third-order valence-corrected chi connectivity index (χ3v) is 3.74. The van der Waals surface area contributed by atoms with E-state index in [1.165, 1.54) is 0 Å². The number of rotatable bonds is 4. The first kappa shape index (κ1) is 15.9. The second kappa shape index (κ2) is 7.00. The molecule has 1 aliphatic rings. The Balaban J connectivity index is 2.26. The first-order chi connectivity index (χ1) is 10.0. The summed E-state index contributed by atoms with van der Waals surface area (Å²) in [7, 11) is 0. The fourth-order valence-electron chi connectivity index (χ4n) is 2.48. The Morgan fingerprint density at radius 2 is 2.33 bits per heavy atom. The van der Waals surface area contributed by atoms with Crippen LogP contribution in [0.25, 0.3) is 0 Å². The quantitative estimate of drug-likeness (QED) is 0.660. The smallest absolute Gasteiger partial charge is 0.340 e. The summed E-state index contributed by atoms with van der Waals surface area (Å²) in [4.78, 5) is 12.1. The molecule has 2 unspecified atom stereocenters. The van der Waals surface area contributed by atoms with Crippen molar-refractivity contribution in [1.29, 1.82) is 0 Å². The zero-order chi connectivity index (χ0) is 15.4. The van der Waals surface area contributed by atoms with Crippen molar-refractivity contribution in [3.05, 3.63) is 22.7 Å². The van der Waals surface area contributed by atoms with E-state index in [0.717, 1.165) is 12.8 Å². The van der Waals surface area contributed by atoms with Gasteiger partial charge in [-0.15, -0.1) is 0 Å². The van der Waals surface area contributed by atoms with Crippen molar-refractivity contribution in [2.45, 2.75) is 38.8 Å². The Kier molecular flexibility index (Phi) is 5.31. The van der Waals surface area contributed by atoms with Crippen molar-refractivity contribution in [3.63, 3.8) is 0 Å². The third kappa shape index (κ3) is 4.02. The summed E-state index contributed by atoms with van der Waals surface area (Å²) in [6.45, 7) is 4.79. The summed E-state index contributed by atoms with van der Waals surface area (Å²) in [6.07, 6.45) is 1.92. The Bertz CT molecular complexity index is 522. The Hall–Kier alpha value is -1.46. The number of esters is 1. The van der Waals surface area contributed by atoms with Crippen LogP contribution in [-0.4, -0.2) is 31.3 Å². The van der Waals surface area contributed by atoms with Crippen LogP contribution in [-0.2, 0) is 9.47 Å². The second-order valence-electron chi connectivity index (χ2n) is 5.19. The lowest BCUT2D eigenvalue weighted by molar-refractivity contribution is 0.0232. The molecule has 2 rings (SSSR count). The molecule has 0 aromatic heterocycles. The van der Waals surface area contributed by atoms with Gasteiger partial charge in [-0.3, -0.25) is 0 Å². The van der Waals surface area contributed by atoms with E-state index in [1.807, 2.05) is 6.92 Å². The third-order valence-electron chi connectivity index (χ3n) is 3.44. The van der Waals surface area contributed by atoms with Crippen molar-refractivity contribution in [2.75, 3.05) is 24.3 Å². The van der Waals surface area contributed by atoms with Crippen LogP contribution in [0.4, 0.5) is 11.4 Å². The minimum atomic E-state index is -0.422. The van der Waals surface area contributed by atoms with Crippen molar-refractivity contribution < 1.29 is 14.3 Å². The van der Waals surface area contributed by atoms with Crippen LogP contribution in [0.3, 0.4) is 0 Å². The normalized spacial score (nSPS) is 21.9. The van der Waals surface area contributed by atoms with Gasteiger partial charge in [0.25, 0.3) is 0 Å². The Labute approximate surface area is 129 Å². The number of halogens is 1. The first-order valence-corrected chi connectivity index (χ1v) is 7.53. The monoisotopic (exact) mass is 312 g/mol. The zero-order valence-electron chi connectivity index (χ0n) is 12.3. The molecule has 5 nitrogen and oxygen atoms in total. The van der Waals surface area contributed by atoms with Gasteiger partial charge in [0.1, 0.15) is 0 Å². The Morgan fingerprint density at radius 3 is 3.00 bits per heavy atom. The molecule has 0 spiro atoms. The lowest BCUT2D eigenvalue weighted by Gasteiger charge is -2.29. The molecule has 1 heterocycles. The highest BCUT2D eigenvalue weighted by Gasteiger charge is 2.23. The zero-order valence-corrected chi connectivity index (χ0v) is 13.1. The molecule has 0 bridgehead atoms. The molecule has 0 saturated carbocycles. The summed E-state index contributed by atoms with van der Waals surface area (Å²) in [5.41, 5.74) is 7.18. The SMILES string of the molecule is CCOC(=O)c1cc(N)cc(Cl)c1NC1CCOC(C)C1. The van der Waals surface area contributed by atoms with Crippen molar-refractivity contribution in [3.8, 4) is 0 Å². The fourth-order valence-corrected chi connectivity index (χ4v) is 2.76. The average molecular weight is 313 g/mol. The number of hydrogen-bond acceptors (Lipinski definition) is 5. The van der Waals surface area contributed by atoms with Crippen LogP contribution in [0, 0.1) is 0 Å². The molecule has 1 fully saturated rings. The molecule has 0 radical (unpaired) electrons. The predicted octanol–water partition coefficient (Wildman–Crippen LogP) is 3.08. The number of nitrogens with one attached hydrogen (secondary N) is 1. The highest BCUT2D eigenvalue weighted by atomic mass is 35.5. The van der Waals surface area contributed by atoms with Gasteiger partial charge in [0.2, 0.25) is 0 Å². The molecule has 6 heteroatoms. The predicted molar refractivity (Wildman–Crippen MR) is 83.9 cm³/mol. The fraction of sp³-hybridized carbons (Fsp3) is 0.533. The van der Waals surface area contributed by atoms with Crippen LogP contribution in [0.2, 0.25) is 5.02 Å². The first-order valence-electron chi connectivity index (χ1n) is 7.15. The van der Waals surface area contributed by atoms with E-state index in [0.29, 0.717) is 35.2 Å². The minimum Gasteiger partial charge on any atom is -0.462 e. The van der Waals surface area contributed by atoms with Gasteiger partial charge in [-0.05, 0) is 38.8 Å². The number of benzene rings is 1. The molecular weight excluding hydrogens is 292 g/mol. The van der Waals surface area contributed by atoms with Gasteiger partial charge in [-0.2, -0.15) is 0 Å². The van der Waals surface area contributed by atoms with E-state index >= 15 is 0 Å². The van der Waals surface area contributed by atoms with Crippen LogP contribution in [0.5, 0.6) is 0 Å². The number of ether oxygens (including phenoxy) is 2. The molecule has 1 aromatic carbocycles. The van der Waals surface area contributed by atoms with Crippen molar-refractivity contribution in [2.24, 2.45) is 0 Å². The maximum atomic E-state index is 12.1. The van der Waals surface area contributed by atoms with E-state index in [-0.39, 0.29) is 12.1 Å². The van der Waals surface area contributed by atoms with E-state index in [9.17, 15) is 4.79 Å². The maximum absolute atomic E-state index is 12.1. The largest absolute Gasteiger partial charge is 0.462 e. The van der Waals surface area contributed by atoms with Gasteiger partial charge >= 0.3 is 5.97 Å². The Morgan fingerprint density at radius 1 is 1.57 bits per heavy atom.